The highest BCUT2D eigenvalue weighted by Crippen LogP contribution is 2.42. The van der Waals surface area contributed by atoms with Crippen LogP contribution >= 0.6 is 11.8 Å². The number of rotatable bonds is 6. The molecule has 2 heterocycles. The molecule has 1 aliphatic carbocycles. The molecule has 0 saturated carbocycles. The normalized spacial score (nSPS) is 25.7. The van der Waals surface area contributed by atoms with Gasteiger partial charge < -0.3 is 26.6 Å². The van der Waals surface area contributed by atoms with E-state index in [0.29, 0.717) is 23.9 Å². The van der Waals surface area contributed by atoms with Crippen LogP contribution in [0.1, 0.15) is 12.8 Å². The summed E-state index contributed by atoms with van der Waals surface area (Å²) in [5.74, 6) is 0. The van der Waals surface area contributed by atoms with Gasteiger partial charge in [-0.05, 0) is 43.7 Å². The van der Waals surface area contributed by atoms with Gasteiger partial charge in [0, 0.05) is 55.0 Å². The zero-order valence-electron chi connectivity index (χ0n) is 16.1. The lowest BCUT2D eigenvalue weighted by molar-refractivity contribution is 0.203. The molecule has 1 saturated heterocycles. The fraction of sp³-hybridized carbons (Fsp3) is 0.524. The number of thioether (sulfide) groups is 1. The van der Waals surface area contributed by atoms with E-state index in [-0.39, 0.29) is 0 Å². The molecule has 0 radical (unpaired) electrons. The first kappa shape index (κ1) is 18.9. The fourth-order valence-electron chi connectivity index (χ4n) is 4.15. The molecule has 1 fully saturated rings. The Hall–Kier alpha value is -1.47. The van der Waals surface area contributed by atoms with Crippen molar-refractivity contribution < 1.29 is 0 Å². The SMILES string of the molecule is CNCCN1CCC(NC2=CC(CN)=CC3Sc4ccccc4NC23)CC1. The molecule has 0 bridgehead atoms. The van der Waals surface area contributed by atoms with Crippen molar-refractivity contribution in [2.75, 3.05) is 45.1 Å². The van der Waals surface area contributed by atoms with Gasteiger partial charge in [-0.25, -0.2) is 0 Å². The Morgan fingerprint density at radius 3 is 2.85 bits per heavy atom. The molecular weight excluding hydrogens is 354 g/mol. The zero-order valence-corrected chi connectivity index (χ0v) is 16.9. The Labute approximate surface area is 166 Å². The molecule has 5 nitrogen and oxygen atoms in total. The van der Waals surface area contributed by atoms with Crippen LogP contribution < -0.4 is 21.7 Å². The van der Waals surface area contributed by atoms with E-state index in [4.69, 9.17) is 5.73 Å². The van der Waals surface area contributed by atoms with E-state index >= 15 is 0 Å². The van der Waals surface area contributed by atoms with E-state index in [1.54, 1.807) is 0 Å². The van der Waals surface area contributed by atoms with Crippen LogP contribution in [-0.2, 0) is 0 Å². The molecule has 4 rings (SSSR count). The Kier molecular flexibility index (Phi) is 6.08. The molecule has 3 aliphatic rings. The second kappa shape index (κ2) is 8.69. The van der Waals surface area contributed by atoms with Gasteiger partial charge >= 0.3 is 0 Å². The van der Waals surface area contributed by atoms with Gasteiger partial charge in [0.15, 0.2) is 0 Å². The highest BCUT2D eigenvalue weighted by Gasteiger charge is 2.34. The number of benzene rings is 1. The summed E-state index contributed by atoms with van der Waals surface area (Å²) in [4.78, 5) is 3.88. The second-order valence-corrected chi connectivity index (χ2v) is 8.83. The minimum Gasteiger partial charge on any atom is -0.384 e. The maximum absolute atomic E-state index is 6.00. The predicted molar refractivity (Wildman–Crippen MR) is 115 cm³/mol. The van der Waals surface area contributed by atoms with Crippen LogP contribution in [0.2, 0.25) is 0 Å². The van der Waals surface area contributed by atoms with E-state index in [9.17, 15) is 0 Å². The molecule has 146 valence electrons. The van der Waals surface area contributed by atoms with Crippen molar-refractivity contribution >= 4 is 17.4 Å². The van der Waals surface area contributed by atoms with Gasteiger partial charge in [-0.1, -0.05) is 18.2 Å². The molecule has 2 unspecified atom stereocenters. The Morgan fingerprint density at radius 2 is 2.07 bits per heavy atom. The molecule has 1 aromatic rings. The molecule has 0 spiro atoms. The molecule has 6 heteroatoms. The molecule has 1 aromatic carbocycles. The highest BCUT2D eigenvalue weighted by atomic mass is 32.2. The summed E-state index contributed by atoms with van der Waals surface area (Å²) in [7, 11) is 2.02. The number of likely N-dealkylation sites (tertiary alicyclic amines) is 1. The lowest BCUT2D eigenvalue weighted by Crippen LogP contribution is -2.48. The van der Waals surface area contributed by atoms with Gasteiger partial charge in [0.25, 0.3) is 0 Å². The van der Waals surface area contributed by atoms with Gasteiger partial charge in [-0.3, -0.25) is 0 Å². The summed E-state index contributed by atoms with van der Waals surface area (Å²) in [6.45, 7) is 5.15. The van der Waals surface area contributed by atoms with Crippen molar-refractivity contribution in [3.05, 3.63) is 47.7 Å². The smallest absolute Gasteiger partial charge is 0.0817 e. The minimum atomic E-state index is 0.294. The van der Waals surface area contributed by atoms with E-state index in [0.717, 1.165) is 13.1 Å². The second-order valence-electron chi connectivity index (χ2n) is 7.61. The first-order chi connectivity index (χ1) is 13.3. The van der Waals surface area contributed by atoms with Crippen molar-refractivity contribution in [1.82, 2.24) is 15.5 Å². The first-order valence-corrected chi connectivity index (χ1v) is 10.9. The minimum absolute atomic E-state index is 0.294. The Morgan fingerprint density at radius 1 is 1.26 bits per heavy atom. The van der Waals surface area contributed by atoms with Gasteiger partial charge in [-0.2, -0.15) is 0 Å². The summed E-state index contributed by atoms with van der Waals surface area (Å²) in [6.07, 6.45) is 7.01. The summed E-state index contributed by atoms with van der Waals surface area (Å²) in [5, 5.41) is 11.3. The van der Waals surface area contributed by atoms with E-state index < -0.39 is 0 Å². The number of hydrogen-bond donors (Lipinski definition) is 4. The van der Waals surface area contributed by atoms with E-state index in [1.807, 2.05) is 18.8 Å². The maximum Gasteiger partial charge on any atom is 0.0817 e. The third kappa shape index (κ3) is 4.35. The Bertz CT molecular complexity index is 708. The molecule has 27 heavy (non-hydrogen) atoms. The van der Waals surface area contributed by atoms with E-state index in [1.165, 1.54) is 47.8 Å². The summed E-state index contributed by atoms with van der Waals surface area (Å²) < 4.78 is 0. The molecule has 5 N–H and O–H groups in total. The lowest BCUT2D eigenvalue weighted by atomic mass is 9.96. The number of anilines is 1. The number of nitrogens with zero attached hydrogens (tertiary/aromatic N) is 1. The third-order valence-electron chi connectivity index (χ3n) is 5.72. The van der Waals surface area contributed by atoms with Crippen LogP contribution in [-0.4, -0.2) is 62.0 Å². The van der Waals surface area contributed by atoms with Crippen molar-refractivity contribution in [3.8, 4) is 0 Å². The quantitative estimate of drug-likeness (QED) is 0.601. The molecule has 0 aromatic heterocycles. The Balaban J connectivity index is 1.44. The van der Waals surface area contributed by atoms with Gasteiger partial charge in [-0.15, -0.1) is 11.8 Å². The van der Waals surface area contributed by atoms with Crippen LogP contribution in [0.5, 0.6) is 0 Å². The van der Waals surface area contributed by atoms with Crippen LogP contribution in [0.25, 0.3) is 0 Å². The van der Waals surface area contributed by atoms with Gasteiger partial charge in [0.2, 0.25) is 0 Å². The fourth-order valence-corrected chi connectivity index (χ4v) is 5.45. The largest absolute Gasteiger partial charge is 0.384 e. The zero-order chi connectivity index (χ0) is 18.6. The van der Waals surface area contributed by atoms with Crippen molar-refractivity contribution in [2.24, 2.45) is 5.73 Å². The predicted octanol–water partition coefficient (Wildman–Crippen LogP) is 2.00. The van der Waals surface area contributed by atoms with Crippen LogP contribution in [0.15, 0.2) is 52.6 Å². The highest BCUT2D eigenvalue weighted by molar-refractivity contribution is 8.00. The number of likely N-dealkylation sites (N-methyl/N-ethyl adjacent to an activating group) is 1. The van der Waals surface area contributed by atoms with Crippen molar-refractivity contribution in [3.63, 3.8) is 0 Å². The van der Waals surface area contributed by atoms with Gasteiger partial charge in [0.05, 0.1) is 11.3 Å². The van der Waals surface area contributed by atoms with Crippen molar-refractivity contribution in [1.29, 1.82) is 0 Å². The number of para-hydroxylation sites is 1. The number of fused-ring (bicyclic) bond motifs is 2. The number of piperidine rings is 1. The maximum atomic E-state index is 6.00. The van der Waals surface area contributed by atoms with Crippen LogP contribution in [0.4, 0.5) is 5.69 Å². The molecular formula is C21H31N5S. The third-order valence-corrected chi connectivity index (χ3v) is 7.01. The van der Waals surface area contributed by atoms with Crippen molar-refractivity contribution in [2.45, 2.75) is 35.1 Å². The van der Waals surface area contributed by atoms with E-state index in [2.05, 4.69) is 57.3 Å². The first-order valence-electron chi connectivity index (χ1n) is 10.0. The monoisotopic (exact) mass is 385 g/mol. The summed E-state index contributed by atoms with van der Waals surface area (Å²) in [5.41, 5.74) is 9.78. The topological polar surface area (TPSA) is 65.3 Å². The lowest BCUT2D eigenvalue weighted by Gasteiger charge is -2.40. The van der Waals surface area contributed by atoms with Gasteiger partial charge in [0.1, 0.15) is 0 Å². The number of nitrogens with one attached hydrogen (secondary N) is 3. The average Bonchev–Trinajstić information content (AvgIpc) is 2.71. The van der Waals surface area contributed by atoms with Crippen LogP contribution in [0.3, 0.4) is 0 Å². The molecule has 2 aliphatic heterocycles. The van der Waals surface area contributed by atoms with Crippen LogP contribution in [0, 0.1) is 0 Å². The molecule has 2 atom stereocenters. The standard InChI is InChI=1S/C21H31N5S/c1-23-8-11-26-9-6-16(7-10-26)24-18-12-15(14-22)13-20-21(18)25-17-4-2-3-5-19(17)27-20/h2-5,12-13,16,20-21,23-25H,6-11,14,22H2,1H3. The number of nitrogens with two attached hydrogens (primary N) is 1. The summed E-state index contributed by atoms with van der Waals surface area (Å²) >= 11 is 1.94. The summed E-state index contributed by atoms with van der Waals surface area (Å²) in [6, 6.07) is 9.44. The average molecular weight is 386 g/mol. The molecule has 0 amide bonds. The number of hydrogen-bond acceptors (Lipinski definition) is 6.